The molecule has 1 amide bonds. The van der Waals surface area contributed by atoms with E-state index in [0.29, 0.717) is 5.13 Å². The van der Waals surface area contributed by atoms with Crippen LogP contribution in [-0.4, -0.2) is 10.9 Å². The van der Waals surface area contributed by atoms with Crippen molar-refractivity contribution in [1.82, 2.24) is 4.98 Å². The smallest absolute Gasteiger partial charge is 0.246 e. The molecule has 17 heavy (non-hydrogen) atoms. The first-order valence-corrected chi connectivity index (χ1v) is 6.56. The van der Waals surface area contributed by atoms with E-state index in [1.807, 2.05) is 6.07 Å². The average Bonchev–Trinajstić information content (AvgIpc) is 2.70. The van der Waals surface area contributed by atoms with Crippen LogP contribution in [0.3, 0.4) is 0 Å². The molecule has 2 rings (SSSR count). The molecule has 0 bridgehead atoms. The maximum atomic E-state index is 11.8. The summed E-state index contributed by atoms with van der Waals surface area (Å²) in [6.07, 6.45) is 4.44. The van der Waals surface area contributed by atoms with Gasteiger partial charge in [-0.25, -0.2) is 4.98 Å². The molecule has 1 aliphatic carbocycles. The van der Waals surface area contributed by atoms with Crippen molar-refractivity contribution in [2.45, 2.75) is 39.5 Å². The summed E-state index contributed by atoms with van der Waals surface area (Å²) >= 11 is 1.54. The minimum Gasteiger partial charge on any atom is -0.301 e. The zero-order valence-corrected chi connectivity index (χ0v) is 10.9. The molecule has 0 aliphatic heterocycles. The van der Waals surface area contributed by atoms with Gasteiger partial charge in [-0.1, -0.05) is 0 Å². The number of anilines is 1. The Kier molecular flexibility index (Phi) is 3.16. The first-order valence-electron chi connectivity index (χ1n) is 5.74. The number of thiazole rings is 1. The van der Waals surface area contributed by atoms with Gasteiger partial charge in [0.2, 0.25) is 5.91 Å². The van der Waals surface area contributed by atoms with E-state index in [0.717, 1.165) is 18.5 Å². The number of aryl methyl sites for hydroxylation is 2. The van der Waals surface area contributed by atoms with E-state index in [1.165, 1.54) is 29.1 Å². The van der Waals surface area contributed by atoms with Crippen molar-refractivity contribution in [3.8, 4) is 6.07 Å². The fraction of sp³-hybridized carbons (Fsp3) is 0.583. The molecule has 0 saturated heterocycles. The third kappa shape index (κ3) is 2.47. The molecule has 0 atom stereocenters. The maximum Gasteiger partial charge on any atom is 0.246 e. The predicted octanol–water partition coefficient (Wildman–Crippen LogP) is 2.51. The third-order valence-corrected chi connectivity index (χ3v) is 3.99. The van der Waals surface area contributed by atoms with Gasteiger partial charge in [0.25, 0.3) is 0 Å². The molecule has 0 saturated carbocycles. The Balaban J connectivity index is 2.12. The molecule has 0 radical (unpaired) electrons. The SMILES string of the molecule is CC(C)(C#N)C(=O)Nc1nc2c(s1)CCCC2. The molecule has 90 valence electrons. The van der Waals surface area contributed by atoms with Crippen LogP contribution in [0.1, 0.15) is 37.3 Å². The van der Waals surface area contributed by atoms with Crippen LogP contribution in [0.25, 0.3) is 0 Å². The van der Waals surface area contributed by atoms with E-state index in [-0.39, 0.29) is 5.91 Å². The number of carbonyl (C=O) groups excluding carboxylic acids is 1. The van der Waals surface area contributed by atoms with E-state index in [2.05, 4.69) is 10.3 Å². The summed E-state index contributed by atoms with van der Waals surface area (Å²) in [6, 6.07) is 1.99. The average molecular weight is 249 g/mol. The Morgan fingerprint density at radius 2 is 2.18 bits per heavy atom. The Labute approximate surface area is 105 Å². The fourth-order valence-corrected chi connectivity index (χ4v) is 2.75. The molecule has 1 heterocycles. The van der Waals surface area contributed by atoms with Crippen molar-refractivity contribution < 1.29 is 4.79 Å². The number of rotatable bonds is 2. The first kappa shape index (κ1) is 12.1. The summed E-state index contributed by atoms with van der Waals surface area (Å²) in [5, 5.41) is 12.2. The van der Waals surface area contributed by atoms with Crippen LogP contribution in [-0.2, 0) is 17.6 Å². The predicted molar refractivity (Wildman–Crippen MR) is 66.8 cm³/mol. The van der Waals surface area contributed by atoms with Gasteiger partial charge in [-0.3, -0.25) is 4.79 Å². The molecule has 1 aromatic rings. The van der Waals surface area contributed by atoms with E-state index < -0.39 is 5.41 Å². The Morgan fingerprint density at radius 1 is 1.47 bits per heavy atom. The lowest BCUT2D eigenvalue weighted by Crippen LogP contribution is -2.29. The summed E-state index contributed by atoms with van der Waals surface area (Å²) < 4.78 is 0. The van der Waals surface area contributed by atoms with Gasteiger partial charge in [0.05, 0.1) is 11.8 Å². The van der Waals surface area contributed by atoms with E-state index >= 15 is 0 Å². The zero-order chi connectivity index (χ0) is 12.5. The monoisotopic (exact) mass is 249 g/mol. The van der Waals surface area contributed by atoms with Crippen molar-refractivity contribution in [3.05, 3.63) is 10.6 Å². The van der Waals surface area contributed by atoms with Gasteiger partial charge in [-0.15, -0.1) is 11.3 Å². The van der Waals surface area contributed by atoms with Gasteiger partial charge in [-0.2, -0.15) is 5.26 Å². The molecular formula is C12H15N3OS. The van der Waals surface area contributed by atoms with Gasteiger partial charge in [-0.05, 0) is 39.5 Å². The van der Waals surface area contributed by atoms with Crippen molar-refractivity contribution in [1.29, 1.82) is 5.26 Å². The quantitative estimate of drug-likeness (QED) is 0.875. The van der Waals surface area contributed by atoms with Crippen LogP contribution in [0.5, 0.6) is 0 Å². The molecule has 0 spiro atoms. The standard InChI is InChI=1S/C12H15N3OS/c1-12(2,7-13)10(16)15-11-14-8-5-3-4-6-9(8)17-11/h3-6H2,1-2H3,(H,14,15,16). The second-order valence-corrected chi connectivity index (χ2v) is 5.87. The van der Waals surface area contributed by atoms with Crippen LogP contribution in [0.2, 0.25) is 0 Å². The molecule has 1 N–H and O–H groups in total. The topological polar surface area (TPSA) is 65.8 Å². The number of nitriles is 1. The van der Waals surface area contributed by atoms with Gasteiger partial charge in [0.1, 0.15) is 5.41 Å². The van der Waals surface area contributed by atoms with Gasteiger partial charge >= 0.3 is 0 Å². The van der Waals surface area contributed by atoms with Crippen LogP contribution in [0.15, 0.2) is 0 Å². The number of aromatic nitrogens is 1. The Morgan fingerprint density at radius 3 is 2.82 bits per heavy atom. The lowest BCUT2D eigenvalue weighted by molar-refractivity contribution is -0.121. The summed E-state index contributed by atoms with van der Waals surface area (Å²) in [4.78, 5) is 17.5. The number of nitrogens with zero attached hydrogens (tertiary/aromatic N) is 2. The second-order valence-electron chi connectivity index (χ2n) is 4.79. The summed E-state index contributed by atoms with van der Waals surface area (Å²) in [7, 11) is 0. The highest BCUT2D eigenvalue weighted by Gasteiger charge is 2.28. The van der Waals surface area contributed by atoms with Gasteiger partial charge in [0.15, 0.2) is 5.13 Å². The van der Waals surface area contributed by atoms with Crippen LogP contribution in [0.4, 0.5) is 5.13 Å². The number of hydrogen-bond acceptors (Lipinski definition) is 4. The molecule has 0 unspecified atom stereocenters. The minimum absolute atomic E-state index is 0.286. The van der Waals surface area contributed by atoms with E-state index in [9.17, 15) is 4.79 Å². The molecule has 4 nitrogen and oxygen atoms in total. The van der Waals surface area contributed by atoms with Crippen LogP contribution >= 0.6 is 11.3 Å². The number of fused-ring (bicyclic) bond motifs is 1. The number of nitrogens with one attached hydrogen (secondary N) is 1. The lowest BCUT2D eigenvalue weighted by atomic mass is 9.95. The van der Waals surface area contributed by atoms with Crippen molar-refractivity contribution in [2.24, 2.45) is 5.41 Å². The second kappa shape index (κ2) is 4.46. The molecule has 0 aromatic carbocycles. The van der Waals surface area contributed by atoms with Crippen molar-refractivity contribution in [3.63, 3.8) is 0 Å². The van der Waals surface area contributed by atoms with Crippen molar-refractivity contribution in [2.75, 3.05) is 5.32 Å². The number of amides is 1. The third-order valence-electron chi connectivity index (χ3n) is 2.91. The highest BCUT2D eigenvalue weighted by atomic mass is 32.1. The summed E-state index contributed by atoms with van der Waals surface area (Å²) in [6.45, 7) is 3.21. The fourth-order valence-electron chi connectivity index (χ4n) is 1.71. The summed E-state index contributed by atoms with van der Waals surface area (Å²) in [5.41, 5.74) is 0.109. The first-order chi connectivity index (χ1) is 8.03. The maximum absolute atomic E-state index is 11.8. The largest absolute Gasteiger partial charge is 0.301 e. The normalized spacial score (nSPS) is 14.9. The Hall–Kier alpha value is -1.41. The van der Waals surface area contributed by atoms with E-state index in [4.69, 9.17) is 5.26 Å². The lowest BCUT2D eigenvalue weighted by Gasteiger charge is -2.12. The highest BCUT2D eigenvalue weighted by Crippen LogP contribution is 2.30. The highest BCUT2D eigenvalue weighted by molar-refractivity contribution is 7.15. The minimum atomic E-state index is -1.01. The number of hydrogen-bond donors (Lipinski definition) is 1. The van der Waals surface area contributed by atoms with Crippen LogP contribution in [0, 0.1) is 16.7 Å². The van der Waals surface area contributed by atoms with Crippen LogP contribution < -0.4 is 5.32 Å². The number of carbonyl (C=O) groups is 1. The van der Waals surface area contributed by atoms with Crippen molar-refractivity contribution >= 4 is 22.4 Å². The molecule has 5 heteroatoms. The zero-order valence-electron chi connectivity index (χ0n) is 10.0. The van der Waals surface area contributed by atoms with Gasteiger partial charge in [0, 0.05) is 4.88 Å². The molecular weight excluding hydrogens is 234 g/mol. The molecule has 1 aromatic heterocycles. The van der Waals surface area contributed by atoms with Gasteiger partial charge < -0.3 is 5.32 Å². The molecule has 1 aliphatic rings. The molecule has 0 fully saturated rings. The summed E-state index contributed by atoms with van der Waals surface area (Å²) in [5.74, 6) is -0.286. The Bertz CT molecular complexity index is 461. The van der Waals surface area contributed by atoms with E-state index in [1.54, 1.807) is 13.8 Å².